The van der Waals surface area contributed by atoms with E-state index < -0.39 is 0 Å². The maximum absolute atomic E-state index is 11.5. The van der Waals surface area contributed by atoms with Gasteiger partial charge in [0.15, 0.2) is 17.6 Å². The van der Waals surface area contributed by atoms with E-state index in [1.807, 2.05) is 0 Å². The van der Waals surface area contributed by atoms with Gasteiger partial charge in [0.2, 0.25) is 5.78 Å². The third-order valence-corrected chi connectivity index (χ3v) is 2.13. The molecule has 0 aliphatic carbocycles. The number of rotatable bonds is 1. The summed E-state index contributed by atoms with van der Waals surface area (Å²) in [6.45, 7) is 1.74. The minimum Gasteiger partial charge on any atom is -0.493 e. The van der Waals surface area contributed by atoms with Gasteiger partial charge in [-0.3, -0.25) is 4.79 Å². The summed E-state index contributed by atoms with van der Waals surface area (Å²) in [5.74, 6) is 1.21. The topological polar surface area (TPSA) is 35.5 Å². The molecule has 1 aromatic rings. The molecule has 0 saturated carbocycles. The number of Topliss-reactive ketones (excluding diaryl/α,β-unsaturated/α-hetero) is 1. The first kappa shape index (κ1) is 8.10. The molecule has 1 atom stereocenters. The van der Waals surface area contributed by atoms with Crippen LogP contribution in [0, 0.1) is 0 Å². The lowest BCUT2D eigenvalue weighted by Gasteiger charge is -2.05. The van der Waals surface area contributed by atoms with Gasteiger partial charge in [-0.2, -0.15) is 0 Å². The van der Waals surface area contributed by atoms with Gasteiger partial charge in [-0.1, -0.05) is 6.07 Å². The maximum atomic E-state index is 11.5. The fourth-order valence-corrected chi connectivity index (χ4v) is 1.44. The largest absolute Gasteiger partial charge is 0.493 e. The molecule has 0 aromatic heterocycles. The second-order valence-corrected chi connectivity index (χ2v) is 2.96. The van der Waals surface area contributed by atoms with Gasteiger partial charge in [-0.05, 0) is 19.1 Å². The number of benzene rings is 1. The fourth-order valence-electron chi connectivity index (χ4n) is 1.44. The monoisotopic (exact) mass is 178 g/mol. The smallest absolute Gasteiger partial charge is 0.206 e. The Morgan fingerprint density at radius 2 is 2.23 bits per heavy atom. The summed E-state index contributed by atoms with van der Waals surface area (Å²) < 4.78 is 10.4. The zero-order chi connectivity index (χ0) is 9.42. The zero-order valence-corrected chi connectivity index (χ0v) is 7.53. The van der Waals surface area contributed by atoms with Crippen molar-refractivity contribution in [1.82, 2.24) is 0 Å². The standard InChI is InChI=1S/C10H10O3/c1-6-9(11)7-4-3-5-8(12-2)10(7)13-6/h3-6H,1-2H3. The Bertz CT molecular complexity index is 357. The first-order chi connectivity index (χ1) is 6.24. The van der Waals surface area contributed by atoms with Gasteiger partial charge >= 0.3 is 0 Å². The molecule has 0 N–H and O–H groups in total. The molecule has 1 heterocycles. The number of ketones is 1. The van der Waals surface area contributed by atoms with E-state index in [1.165, 1.54) is 0 Å². The van der Waals surface area contributed by atoms with Crippen LogP contribution in [0.2, 0.25) is 0 Å². The lowest BCUT2D eigenvalue weighted by Crippen LogP contribution is -2.14. The van der Waals surface area contributed by atoms with Gasteiger partial charge in [-0.15, -0.1) is 0 Å². The molecule has 3 heteroatoms. The van der Waals surface area contributed by atoms with E-state index in [2.05, 4.69) is 0 Å². The molecule has 0 bridgehead atoms. The normalized spacial score (nSPS) is 19.5. The predicted octanol–water partition coefficient (Wildman–Crippen LogP) is 1.66. The number of carbonyl (C=O) groups excluding carboxylic acids is 1. The van der Waals surface area contributed by atoms with Crippen LogP contribution in [0.5, 0.6) is 11.5 Å². The van der Waals surface area contributed by atoms with Crippen molar-refractivity contribution in [3.8, 4) is 11.5 Å². The van der Waals surface area contributed by atoms with E-state index in [9.17, 15) is 4.79 Å². The van der Waals surface area contributed by atoms with Crippen molar-refractivity contribution in [1.29, 1.82) is 0 Å². The number of hydrogen-bond donors (Lipinski definition) is 0. The average molecular weight is 178 g/mol. The number of fused-ring (bicyclic) bond motifs is 1. The van der Waals surface area contributed by atoms with Gasteiger partial charge in [0.1, 0.15) is 0 Å². The Labute approximate surface area is 76.3 Å². The SMILES string of the molecule is COc1cccc2c1OC(C)C2=O. The lowest BCUT2D eigenvalue weighted by atomic mass is 10.1. The average Bonchev–Trinajstić information content (AvgIpc) is 2.43. The number of ether oxygens (including phenoxy) is 2. The Morgan fingerprint density at radius 1 is 1.46 bits per heavy atom. The lowest BCUT2D eigenvalue weighted by molar-refractivity contribution is 0.0877. The van der Waals surface area contributed by atoms with Crippen molar-refractivity contribution < 1.29 is 14.3 Å². The van der Waals surface area contributed by atoms with Crippen molar-refractivity contribution in [3.05, 3.63) is 23.8 Å². The van der Waals surface area contributed by atoms with E-state index in [0.29, 0.717) is 17.1 Å². The first-order valence-electron chi connectivity index (χ1n) is 4.12. The van der Waals surface area contributed by atoms with Crippen LogP contribution in [0.3, 0.4) is 0 Å². The highest BCUT2D eigenvalue weighted by Crippen LogP contribution is 2.37. The molecule has 0 saturated heterocycles. The highest BCUT2D eigenvalue weighted by atomic mass is 16.5. The summed E-state index contributed by atoms with van der Waals surface area (Å²) in [6.07, 6.45) is -0.383. The van der Waals surface area contributed by atoms with E-state index in [-0.39, 0.29) is 11.9 Å². The molecule has 1 aliphatic heterocycles. The maximum Gasteiger partial charge on any atom is 0.206 e. The fraction of sp³-hybridized carbons (Fsp3) is 0.300. The van der Waals surface area contributed by atoms with Crippen LogP contribution in [0.1, 0.15) is 17.3 Å². The van der Waals surface area contributed by atoms with E-state index in [1.54, 1.807) is 32.2 Å². The summed E-state index contributed by atoms with van der Waals surface area (Å²) in [5, 5.41) is 0. The third kappa shape index (κ3) is 1.08. The van der Waals surface area contributed by atoms with Crippen LogP contribution in [-0.4, -0.2) is 19.0 Å². The molecule has 1 unspecified atom stereocenters. The predicted molar refractivity (Wildman–Crippen MR) is 47.4 cm³/mol. The van der Waals surface area contributed by atoms with Crippen LogP contribution in [0.4, 0.5) is 0 Å². The second-order valence-electron chi connectivity index (χ2n) is 2.96. The Morgan fingerprint density at radius 3 is 2.92 bits per heavy atom. The quantitative estimate of drug-likeness (QED) is 0.656. The Hall–Kier alpha value is -1.51. The molecule has 0 fully saturated rings. The number of para-hydroxylation sites is 1. The van der Waals surface area contributed by atoms with E-state index in [4.69, 9.17) is 9.47 Å². The Kier molecular flexibility index (Phi) is 1.72. The van der Waals surface area contributed by atoms with E-state index in [0.717, 1.165) is 0 Å². The molecule has 0 spiro atoms. The van der Waals surface area contributed by atoms with Crippen LogP contribution in [0.25, 0.3) is 0 Å². The highest BCUT2D eigenvalue weighted by molar-refractivity contribution is 6.05. The second kappa shape index (κ2) is 2.76. The summed E-state index contributed by atoms with van der Waals surface area (Å²) in [4.78, 5) is 11.5. The molecule has 68 valence electrons. The first-order valence-corrected chi connectivity index (χ1v) is 4.12. The molecule has 0 radical (unpaired) electrons. The number of carbonyl (C=O) groups is 1. The van der Waals surface area contributed by atoms with Crippen LogP contribution in [-0.2, 0) is 0 Å². The third-order valence-electron chi connectivity index (χ3n) is 2.13. The summed E-state index contributed by atoms with van der Waals surface area (Å²) in [6, 6.07) is 5.32. The summed E-state index contributed by atoms with van der Waals surface area (Å²) in [5.41, 5.74) is 0.617. The molecular weight excluding hydrogens is 168 g/mol. The number of methoxy groups -OCH3 is 1. The van der Waals surface area contributed by atoms with Crippen molar-refractivity contribution in [2.75, 3.05) is 7.11 Å². The summed E-state index contributed by atoms with van der Waals surface area (Å²) >= 11 is 0. The van der Waals surface area contributed by atoms with Crippen molar-refractivity contribution in [2.45, 2.75) is 13.0 Å². The molecule has 13 heavy (non-hydrogen) atoms. The van der Waals surface area contributed by atoms with Crippen LogP contribution < -0.4 is 9.47 Å². The van der Waals surface area contributed by atoms with Gasteiger partial charge < -0.3 is 9.47 Å². The summed E-state index contributed by atoms with van der Waals surface area (Å²) in [7, 11) is 1.56. The van der Waals surface area contributed by atoms with E-state index >= 15 is 0 Å². The van der Waals surface area contributed by atoms with Crippen LogP contribution >= 0.6 is 0 Å². The van der Waals surface area contributed by atoms with Crippen LogP contribution in [0.15, 0.2) is 18.2 Å². The molecule has 3 nitrogen and oxygen atoms in total. The minimum atomic E-state index is -0.383. The zero-order valence-electron chi connectivity index (χ0n) is 7.53. The van der Waals surface area contributed by atoms with Crippen molar-refractivity contribution in [2.24, 2.45) is 0 Å². The van der Waals surface area contributed by atoms with Crippen molar-refractivity contribution >= 4 is 5.78 Å². The van der Waals surface area contributed by atoms with Gasteiger partial charge in [-0.25, -0.2) is 0 Å². The molecule has 1 aliphatic rings. The molecule has 0 amide bonds. The van der Waals surface area contributed by atoms with Gasteiger partial charge in [0.05, 0.1) is 12.7 Å². The molecule has 2 rings (SSSR count). The van der Waals surface area contributed by atoms with Crippen molar-refractivity contribution in [3.63, 3.8) is 0 Å². The van der Waals surface area contributed by atoms with Gasteiger partial charge in [0, 0.05) is 0 Å². The molecule has 1 aromatic carbocycles. The Balaban J connectivity index is 2.55. The highest BCUT2D eigenvalue weighted by Gasteiger charge is 2.30. The van der Waals surface area contributed by atoms with Gasteiger partial charge in [0.25, 0.3) is 0 Å². The molecular formula is C10H10O3. The number of hydrogen-bond acceptors (Lipinski definition) is 3. The minimum absolute atomic E-state index is 0.0221.